The number of amides is 1. The molecule has 0 radical (unpaired) electrons. The van der Waals surface area contributed by atoms with E-state index in [1.54, 1.807) is 6.07 Å². The van der Waals surface area contributed by atoms with Gasteiger partial charge >= 0.3 is 5.97 Å². The van der Waals surface area contributed by atoms with Crippen molar-refractivity contribution in [1.29, 1.82) is 0 Å². The molecule has 1 amide bonds. The van der Waals surface area contributed by atoms with Gasteiger partial charge in [0.1, 0.15) is 0 Å². The highest BCUT2D eigenvalue weighted by Gasteiger charge is 2.19. The summed E-state index contributed by atoms with van der Waals surface area (Å²) >= 11 is 3.44. The van der Waals surface area contributed by atoms with Gasteiger partial charge in [0, 0.05) is 21.5 Å². The number of para-hydroxylation sites is 1. The second-order valence-corrected chi connectivity index (χ2v) is 8.83. The molecule has 0 bridgehead atoms. The smallest absolute Gasteiger partial charge is 0.339 e. The van der Waals surface area contributed by atoms with Crippen LogP contribution in [0.3, 0.4) is 0 Å². The van der Waals surface area contributed by atoms with Crippen molar-refractivity contribution in [1.82, 2.24) is 10.3 Å². The number of ether oxygens (including phenoxy) is 1. The van der Waals surface area contributed by atoms with Crippen molar-refractivity contribution in [2.45, 2.75) is 44.6 Å². The average Bonchev–Trinajstić information content (AvgIpc) is 3.06. The third-order valence-corrected chi connectivity index (χ3v) is 6.16. The number of benzene rings is 2. The Morgan fingerprint density at radius 1 is 1.00 bits per heavy atom. The number of halogens is 1. The lowest BCUT2D eigenvalue weighted by Gasteiger charge is -2.16. The maximum atomic E-state index is 12.9. The SMILES string of the molecule is O=C(COC(=O)c1cc(-c2ccc(Br)cc2)nc2ccccc12)NC1CCCCCC1. The highest BCUT2D eigenvalue weighted by molar-refractivity contribution is 9.10. The van der Waals surface area contributed by atoms with Gasteiger partial charge in [-0.05, 0) is 37.1 Å². The molecule has 3 aromatic rings. The minimum atomic E-state index is -0.520. The summed E-state index contributed by atoms with van der Waals surface area (Å²) in [5, 5.41) is 3.72. The third-order valence-electron chi connectivity index (χ3n) is 5.63. The number of fused-ring (bicyclic) bond motifs is 1. The fourth-order valence-electron chi connectivity index (χ4n) is 4.01. The largest absolute Gasteiger partial charge is 0.452 e. The molecule has 0 aliphatic heterocycles. The minimum absolute atomic E-state index is 0.180. The molecule has 0 atom stereocenters. The Balaban J connectivity index is 1.51. The molecule has 2 aromatic carbocycles. The molecular weight excluding hydrogens is 456 g/mol. The van der Waals surface area contributed by atoms with Crippen LogP contribution in [0.15, 0.2) is 59.1 Å². The molecule has 1 N–H and O–H groups in total. The van der Waals surface area contributed by atoms with Gasteiger partial charge in [0.15, 0.2) is 6.61 Å². The first-order chi connectivity index (χ1) is 15.1. The van der Waals surface area contributed by atoms with Crippen LogP contribution in [0.25, 0.3) is 22.2 Å². The number of carbonyl (C=O) groups is 2. The summed E-state index contributed by atoms with van der Waals surface area (Å²) in [5.41, 5.74) is 2.69. The van der Waals surface area contributed by atoms with Crippen molar-refractivity contribution in [3.8, 4) is 11.3 Å². The summed E-state index contributed by atoms with van der Waals surface area (Å²) < 4.78 is 6.36. The zero-order valence-electron chi connectivity index (χ0n) is 17.3. The predicted octanol–water partition coefficient (Wildman–Crippen LogP) is 5.66. The van der Waals surface area contributed by atoms with E-state index in [2.05, 4.69) is 21.2 Å². The van der Waals surface area contributed by atoms with Gasteiger partial charge in [0.05, 0.1) is 16.8 Å². The van der Waals surface area contributed by atoms with E-state index < -0.39 is 5.97 Å². The van der Waals surface area contributed by atoms with E-state index in [-0.39, 0.29) is 18.6 Å². The first kappa shape index (κ1) is 21.5. The maximum Gasteiger partial charge on any atom is 0.339 e. The summed E-state index contributed by atoms with van der Waals surface area (Å²) in [6.07, 6.45) is 6.68. The Hall–Kier alpha value is -2.73. The minimum Gasteiger partial charge on any atom is -0.452 e. The van der Waals surface area contributed by atoms with Crippen molar-refractivity contribution in [2.24, 2.45) is 0 Å². The van der Waals surface area contributed by atoms with E-state index in [0.29, 0.717) is 22.2 Å². The first-order valence-electron chi connectivity index (χ1n) is 10.7. The van der Waals surface area contributed by atoms with Crippen LogP contribution in [0.2, 0.25) is 0 Å². The van der Waals surface area contributed by atoms with Crippen LogP contribution in [-0.2, 0) is 9.53 Å². The highest BCUT2D eigenvalue weighted by atomic mass is 79.9. The molecular formula is C25H25BrN2O3. The molecule has 1 aliphatic carbocycles. The van der Waals surface area contributed by atoms with E-state index >= 15 is 0 Å². The van der Waals surface area contributed by atoms with Crippen LogP contribution in [0, 0.1) is 0 Å². The van der Waals surface area contributed by atoms with Gasteiger partial charge in [-0.2, -0.15) is 0 Å². The number of nitrogens with zero attached hydrogens (tertiary/aromatic N) is 1. The van der Waals surface area contributed by atoms with Gasteiger partial charge in [-0.25, -0.2) is 9.78 Å². The number of rotatable bonds is 5. The van der Waals surface area contributed by atoms with Crippen molar-refractivity contribution in [3.63, 3.8) is 0 Å². The lowest BCUT2D eigenvalue weighted by Crippen LogP contribution is -2.37. The molecule has 160 valence electrons. The number of pyridine rings is 1. The lowest BCUT2D eigenvalue weighted by atomic mass is 10.0. The van der Waals surface area contributed by atoms with E-state index in [9.17, 15) is 9.59 Å². The quantitative estimate of drug-likeness (QED) is 0.377. The van der Waals surface area contributed by atoms with Crippen molar-refractivity contribution in [2.75, 3.05) is 6.61 Å². The monoisotopic (exact) mass is 480 g/mol. The summed E-state index contributed by atoms with van der Waals surface area (Å²) in [6.45, 7) is -0.278. The van der Waals surface area contributed by atoms with Gasteiger partial charge in [-0.15, -0.1) is 0 Å². The molecule has 0 saturated heterocycles. The molecule has 0 spiro atoms. The Bertz CT molecular complexity index is 1070. The van der Waals surface area contributed by atoms with Crippen LogP contribution >= 0.6 is 15.9 Å². The third kappa shape index (κ3) is 5.50. The summed E-state index contributed by atoms with van der Waals surface area (Å²) in [4.78, 5) is 29.9. The molecule has 1 aromatic heterocycles. The average molecular weight is 481 g/mol. The standard InChI is InChI=1S/C25H25BrN2O3/c26-18-13-11-17(12-14-18)23-15-21(20-9-5-6-10-22(20)28-23)25(30)31-16-24(29)27-19-7-3-1-2-4-8-19/h5-6,9-15,19H,1-4,7-8,16H2,(H,27,29). The molecule has 1 heterocycles. The number of carbonyl (C=O) groups excluding carboxylic acids is 2. The van der Waals surface area contributed by atoms with Crippen molar-refractivity contribution < 1.29 is 14.3 Å². The summed E-state index contributed by atoms with van der Waals surface area (Å²) in [6, 6.07) is 17.1. The Morgan fingerprint density at radius 3 is 2.45 bits per heavy atom. The Kier molecular flexibility index (Phi) is 6.97. The lowest BCUT2D eigenvalue weighted by molar-refractivity contribution is -0.125. The van der Waals surface area contributed by atoms with Crippen LogP contribution < -0.4 is 5.32 Å². The molecule has 31 heavy (non-hydrogen) atoms. The number of hydrogen-bond acceptors (Lipinski definition) is 4. The number of aromatic nitrogens is 1. The molecule has 1 fully saturated rings. The van der Waals surface area contributed by atoms with E-state index in [0.717, 1.165) is 35.7 Å². The van der Waals surface area contributed by atoms with Gasteiger partial charge in [-0.1, -0.05) is 71.9 Å². The fraction of sp³-hybridized carbons (Fsp3) is 0.320. The number of hydrogen-bond donors (Lipinski definition) is 1. The summed E-state index contributed by atoms with van der Waals surface area (Å²) in [7, 11) is 0. The second-order valence-electron chi connectivity index (χ2n) is 7.91. The van der Waals surface area contributed by atoms with Crippen LogP contribution in [0.1, 0.15) is 48.9 Å². The normalized spacial score (nSPS) is 14.7. The van der Waals surface area contributed by atoms with Crippen LogP contribution in [0.5, 0.6) is 0 Å². The van der Waals surface area contributed by atoms with E-state index in [1.165, 1.54) is 12.8 Å². The maximum absolute atomic E-state index is 12.9. The van der Waals surface area contributed by atoms with Crippen LogP contribution in [-0.4, -0.2) is 29.5 Å². The van der Waals surface area contributed by atoms with Gasteiger partial charge in [-0.3, -0.25) is 4.79 Å². The number of esters is 1. The predicted molar refractivity (Wildman–Crippen MR) is 125 cm³/mol. The fourth-order valence-corrected chi connectivity index (χ4v) is 4.28. The topological polar surface area (TPSA) is 68.3 Å². The molecule has 1 aliphatic rings. The van der Waals surface area contributed by atoms with E-state index in [1.807, 2.05) is 48.5 Å². The Labute approximate surface area is 190 Å². The van der Waals surface area contributed by atoms with Crippen molar-refractivity contribution in [3.05, 3.63) is 64.6 Å². The number of nitrogens with one attached hydrogen (secondary N) is 1. The van der Waals surface area contributed by atoms with Crippen LogP contribution in [0.4, 0.5) is 0 Å². The zero-order chi connectivity index (χ0) is 21.6. The van der Waals surface area contributed by atoms with Crippen molar-refractivity contribution >= 4 is 38.7 Å². The van der Waals surface area contributed by atoms with Gasteiger partial charge in [0.25, 0.3) is 5.91 Å². The van der Waals surface area contributed by atoms with Gasteiger partial charge < -0.3 is 10.1 Å². The summed E-state index contributed by atoms with van der Waals surface area (Å²) in [5.74, 6) is -0.764. The molecule has 0 unspecified atom stereocenters. The van der Waals surface area contributed by atoms with E-state index in [4.69, 9.17) is 9.72 Å². The second kappa shape index (κ2) is 10.1. The van der Waals surface area contributed by atoms with Gasteiger partial charge in [0.2, 0.25) is 0 Å². The molecule has 5 nitrogen and oxygen atoms in total. The first-order valence-corrected chi connectivity index (χ1v) is 11.5. The molecule has 1 saturated carbocycles. The zero-order valence-corrected chi connectivity index (χ0v) is 18.9. The Morgan fingerprint density at radius 2 is 1.71 bits per heavy atom. The molecule has 6 heteroatoms. The highest BCUT2D eigenvalue weighted by Crippen LogP contribution is 2.26. The molecule has 4 rings (SSSR count).